The van der Waals surface area contributed by atoms with Crippen LogP contribution >= 0.6 is 11.5 Å². The van der Waals surface area contributed by atoms with Crippen LogP contribution in [0.2, 0.25) is 0 Å². The van der Waals surface area contributed by atoms with E-state index in [-0.39, 0.29) is 5.41 Å². The van der Waals surface area contributed by atoms with Crippen molar-refractivity contribution in [3.8, 4) is 10.9 Å². The third-order valence-corrected chi connectivity index (χ3v) is 2.34. The first-order valence-electron chi connectivity index (χ1n) is 4.18. The minimum atomic E-state index is -0.0469. The topological polar surface area (TPSA) is 64.7 Å². The Morgan fingerprint density at radius 2 is 2.14 bits per heavy atom. The summed E-state index contributed by atoms with van der Waals surface area (Å²) in [5, 5.41) is 8.04. The maximum absolute atomic E-state index is 5.03. The Bertz CT molecular complexity index is 415. The fraction of sp³-hybridized carbons (Fsp3) is 0.500. The summed E-state index contributed by atoms with van der Waals surface area (Å²) in [6.45, 7) is 6.19. The fourth-order valence-corrected chi connectivity index (χ4v) is 1.66. The monoisotopic (exact) mass is 210 g/mol. The van der Waals surface area contributed by atoms with Crippen molar-refractivity contribution in [3.05, 3.63) is 12.2 Å². The van der Waals surface area contributed by atoms with E-state index in [1.807, 2.05) is 0 Å². The van der Waals surface area contributed by atoms with Crippen LogP contribution in [0.5, 0.6) is 0 Å². The van der Waals surface area contributed by atoms with Gasteiger partial charge in [0.1, 0.15) is 5.82 Å². The van der Waals surface area contributed by atoms with Gasteiger partial charge in [-0.05, 0) is 11.5 Å². The first-order chi connectivity index (χ1) is 6.57. The summed E-state index contributed by atoms with van der Waals surface area (Å²) in [7, 11) is 0. The van der Waals surface area contributed by atoms with E-state index in [0.717, 1.165) is 5.82 Å². The predicted molar refractivity (Wildman–Crippen MR) is 51.9 cm³/mol. The molecule has 6 heteroatoms. The van der Waals surface area contributed by atoms with Crippen molar-refractivity contribution in [2.75, 3.05) is 0 Å². The van der Waals surface area contributed by atoms with Crippen LogP contribution in [0.3, 0.4) is 0 Å². The van der Waals surface area contributed by atoms with E-state index >= 15 is 0 Å². The molecule has 2 aromatic rings. The highest BCUT2D eigenvalue weighted by atomic mass is 32.1. The Hall–Kier alpha value is -1.30. The average Bonchev–Trinajstić information content (AvgIpc) is 2.73. The molecule has 0 saturated heterocycles. The quantitative estimate of drug-likeness (QED) is 0.719. The van der Waals surface area contributed by atoms with E-state index in [1.54, 1.807) is 0 Å². The van der Waals surface area contributed by atoms with E-state index in [0.29, 0.717) is 10.9 Å². The van der Waals surface area contributed by atoms with E-state index in [2.05, 4.69) is 40.3 Å². The Morgan fingerprint density at radius 3 is 2.64 bits per heavy atom. The molecule has 0 atom stereocenters. The zero-order valence-corrected chi connectivity index (χ0v) is 9.00. The molecule has 0 saturated carbocycles. The lowest BCUT2D eigenvalue weighted by Gasteiger charge is -2.11. The molecule has 0 fully saturated rings. The Morgan fingerprint density at radius 1 is 1.36 bits per heavy atom. The minimum absolute atomic E-state index is 0.0469. The highest BCUT2D eigenvalue weighted by molar-refractivity contribution is 7.09. The number of hydrogen-bond donors (Lipinski definition) is 0. The molecular formula is C8H10N4OS. The molecule has 14 heavy (non-hydrogen) atoms. The van der Waals surface area contributed by atoms with Crippen LogP contribution in [0.15, 0.2) is 10.8 Å². The van der Waals surface area contributed by atoms with E-state index in [9.17, 15) is 0 Å². The predicted octanol–water partition coefficient (Wildman–Crippen LogP) is 1.89. The largest absolute Gasteiger partial charge is 0.421 e. The molecule has 2 aromatic heterocycles. The number of nitrogens with zero attached hydrogens (tertiary/aromatic N) is 4. The molecule has 0 aliphatic rings. The number of hydrogen-bond acceptors (Lipinski definition) is 6. The summed E-state index contributed by atoms with van der Waals surface area (Å²) in [5.74, 6) is 1.23. The second-order valence-electron chi connectivity index (χ2n) is 3.92. The highest BCUT2D eigenvalue weighted by Crippen LogP contribution is 2.25. The molecule has 0 aliphatic heterocycles. The van der Waals surface area contributed by atoms with Crippen LogP contribution in [0.1, 0.15) is 26.6 Å². The molecule has 0 spiro atoms. The minimum Gasteiger partial charge on any atom is -0.421 e. The van der Waals surface area contributed by atoms with Gasteiger partial charge in [-0.3, -0.25) is 0 Å². The SMILES string of the molecule is CC(C)(C)c1nsc(-c2nnco2)n1. The summed E-state index contributed by atoms with van der Waals surface area (Å²) in [5.41, 5.74) is -0.0469. The number of rotatable bonds is 1. The highest BCUT2D eigenvalue weighted by Gasteiger charge is 2.21. The van der Waals surface area contributed by atoms with Crippen molar-refractivity contribution in [2.24, 2.45) is 0 Å². The summed E-state index contributed by atoms with van der Waals surface area (Å²) in [6.07, 6.45) is 1.29. The normalized spacial score (nSPS) is 11.9. The maximum Gasteiger partial charge on any atom is 0.278 e. The van der Waals surface area contributed by atoms with Crippen molar-refractivity contribution in [2.45, 2.75) is 26.2 Å². The van der Waals surface area contributed by atoms with Crippen molar-refractivity contribution >= 4 is 11.5 Å². The van der Waals surface area contributed by atoms with Crippen molar-refractivity contribution in [1.82, 2.24) is 19.6 Å². The summed E-state index contributed by atoms with van der Waals surface area (Å²) in [4.78, 5) is 4.34. The summed E-state index contributed by atoms with van der Waals surface area (Å²) >= 11 is 1.28. The molecule has 0 unspecified atom stereocenters. The molecule has 74 valence electrons. The zero-order chi connectivity index (χ0) is 10.2. The first kappa shape index (κ1) is 9.26. The van der Waals surface area contributed by atoms with Crippen LogP contribution in [0.25, 0.3) is 10.9 Å². The van der Waals surface area contributed by atoms with Crippen LogP contribution < -0.4 is 0 Å². The molecule has 0 radical (unpaired) electrons. The van der Waals surface area contributed by atoms with Gasteiger partial charge in [0.15, 0.2) is 0 Å². The van der Waals surface area contributed by atoms with Crippen molar-refractivity contribution in [3.63, 3.8) is 0 Å². The molecule has 2 heterocycles. The van der Waals surface area contributed by atoms with Gasteiger partial charge in [0.2, 0.25) is 11.4 Å². The molecule has 0 bridgehead atoms. The molecule has 5 nitrogen and oxygen atoms in total. The van der Waals surface area contributed by atoms with E-state index in [4.69, 9.17) is 4.42 Å². The van der Waals surface area contributed by atoms with Gasteiger partial charge in [-0.25, -0.2) is 4.98 Å². The Kier molecular flexibility index (Phi) is 2.07. The maximum atomic E-state index is 5.03. The van der Waals surface area contributed by atoms with Gasteiger partial charge in [-0.2, -0.15) is 4.37 Å². The van der Waals surface area contributed by atoms with Gasteiger partial charge in [-0.1, -0.05) is 20.8 Å². The standard InChI is InChI=1S/C8H10N4OS/c1-8(2,3)7-10-6(14-12-7)5-11-9-4-13-5/h4H,1-3H3. The summed E-state index contributed by atoms with van der Waals surface area (Å²) < 4.78 is 9.28. The van der Waals surface area contributed by atoms with Gasteiger partial charge in [0, 0.05) is 5.41 Å². The lowest BCUT2D eigenvalue weighted by atomic mass is 9.96. The molecular weight excluding hydrogens is 200 g/mol. The van der Waals surface area contributed by atoms with Gasteiger partial charge >= 0.3 is 0 Å². The van der Waals surface area contributed by atoms with Crippen LogP contribution in [-0.2, 0) is 5.41 Å². The van der Waals surface area contributed by atoms with Gasteiger partial charge in [-0.15, -0.1) is 10.2 Å². The molecule has 0 amide bonds. The lowest BCUT2D eigenvalue weighted by Crippen LogP contribution is -2.12. The second-order valence-corrected chi connectivity index (χ2v) is 4.67. The second kappa shape index (κ2) is 3.13. The third kappa shape index (κ3) is 1.65. The van der Waals surface area contributed by atoms with Crippen molar-refractivity contribution in [1.29, 1.82) is 0 Å². The zero-order valence-electron chi connectivity index (χ0n) is 8.18. The Labute approximate surface area is 85.4 Å². The Balaban J connectivity index is 2.36. The molecule has 0 aliphatic carbocycles. The summed E-state index contributed by atoms with van der Waals surface area (Å²) in [6, 6.07) is 0. The van der Waals surface area contributed by atoms with Gasteiger partial charge in [0.05, 0.1) is 0 Å². The van der Waals surface area contributed by atoms with Gasteiger partial charge < -0.3 is 4.42 Å². The van der Waals surface area contributed by atoms with Crippen LogP contribution in [0, 0.1) is 0 Å². The van der Waals surface area contributed by atoms with Crippen molar-refractivity contribution < 1.29 is 4.42 Å². The van der Waals surface area contributed by atoms with E-state index < -0.39 is 0 Å². The average molecular weight is 210 g/mol. The van der Waals surface area contributed by atoms with Gasteiger partial charge in [0.25, 0.3) is 5.89 Å². The molecule has 2 rings (SSSR count). The molecule has 0 aromatic carbocycles. The van der Waals surface area contributed by atoms with Crippen LogP contribution in [-0.4, -0.2) is 19.6 Å². The smallest absolute Gasteiger partial charge is 0.278 e. The van der Waals surface area contributed by atoms with E-state index in [1.165, 1.54) is 17.9 Å². The lowest BCUT2D eigenvalue weighted by molar-refractivity contribution is 0.549. The third-order valence-electron chi connectivity index (χ3n) is 1.64. The van der Waals surface area contributed by atoms with Crippen LogP contribution in [0.4, 0.5) is 0 Å². The molecule has 0 N–H and O–H groups in total. The fourth-order valence-electron chi connectivity index (χ4n) is 0.881. The first-order valence-corrected chi connectivity index (χ1v) is 4.95. The number of aromatic nitrogens is 4.